The first kappa shape index (κ1) is 102. The van der Waals surface area contributed by atoms with Crippen LogP contribution >= 0.6 is 0 Å². The molecule has 13 nitrogen and oxygen atoms in total. The molecule has 1 atom stereocenters. The molecule has 1 heterocycles. The molecule has 0 aromatic carbocycles. The lowest BCUT2D eigenvalue weighted by molar-refractivity contribution is -0.151. The first-order valence-corrected chi connectivity index (χ1v) is 47.3. The van der Waals surface area contributed by atoms with Crippen LogP contribution in [0.1, 0.15) is 465 Å². The van der Waals surface area contributed by atoms with Crippen molar-refractivity contribution < 1.29 is 43.2 Å². The van der Waals surface area contributed by atoms with Gasteiger partial charge >= 0.3 is 23.9 Å². The Morgan fingerprint density at radius 1 is 0.292 bits per heavy atom. The Bertz CT molecular complexity index is 1820. The minimum atomic E-state index is -0.0604. The minimum Gasteiger partial charge on any atom is -0.466 e. The number of rotatable bonds is 85. The van der Waals surface area contributed by atoms with E-state index in [9.17, 15) is 24.3 Å². The van der Waals surface area contributed by atoms with Gasteiger partial charge < -0.3 is 29.0 Å². The first-order valence-electron chi connectivity index (χ1n) is 47.3. The molecule has 13 heteroatoms. The van der Waals surface area contributed by atoms with Crippen molar-refractivity contribution in [3.63, 3.8) is 0 Å². The number of ether oxygens (including phenoxy) is 4. The van der Waals surface area contributed by atoms with Gasteiger partial charge in [-0.05, 0) is 142 Å². The number of hydrogen-bond acceptors (Lipinski definition) is 13. The van der Waals surface area contributed by atoms with Crippen LogP contribution in [0.15, 0.2) is 0 Å². The Balaban J connectivity index is 2.90. The lowest BCUT2D eigenvalue weighted by Gasteiger charge is -2.39. The van der Waals surface area contributed by atoms with Crippen LogP contribution in [0.2, 0.25) is 0 Å². The third-order valence-corrected chi connectivity index (χ3v) is 22.9. The first-order chi connectivity index (χ1) is 52.1. The molecule has 0 unspecified atom stereocenters. The fourth-order valence-corrected chi connectivity index (χ4v) is 15.6. The molecule has 1 saturated heterocycles. The Morgan fingerprint density at radius 2 is 0.547 bits per heavy atom. The summed E-state index contributed by atoms with van der Waals surface area (Å²) in [5.41, 5.74) is 0. The van der Waals surface area contributed by atoms with E-state index in [4.69, 9.17) is 18.9 Å². The molecule has 0 bridgehead atoms. The predicted molar refractivity (Wildman–Crippen MR) is 452 cm³/mol. The number of carbonyl (C=O) groups excluding carboxylic acids is 4. The van der Waals surface area contributed by atoms with Crippen molar-refractivity contribution >= 4 is 23.9 Å². The molecule has 1 N–H and O–H groups in total. The van der Waals surface area contributed by atoms with E-state index in [1.807, 2.05) is 0 Å². The van der Waals surface area contributed by atoms with Gasteiger partial charge in [0.2, 0.25) is 0 Å². The SMILES string of the molecule is CCCCCCCCCCCOC(=O)CCCCCN(CCCCCCCC(=O)OC(CCCCCCCC)CCCCCCCC)CCN1CCN(C[C@@H](CO)N(CCCCCCCC(=O)OC(CCCCCCCC)CCCCCCCC)CCCCCC(=O)OCCCCCCCCCCC)CC1. The monoisotopic (exact) mass is 1500 g/mol. The van der Waals surface area contributed by atoms with Crippen LogP contribution in [0.5, 0.6) is 0 Å². The van der Waals surface area contributed by atoms with Crippen LogP contribution in [0.3, 0.4) is 0 Å². The van der Waals surface area contributed by atoms with Gasteiger partial charge in [0.15, 0.2) is 0 Å². The van der Waals surface area contributed by atoms with E-state index in [1.54, 1.807) is 0 Å². The third-order valence-electron chi connectivity index (χ3n) is 22.9. The molecule has 0 radical (unpaired) electrons. The fourth-order valence-electron chi connectivity index (χ4n) is 15.6. The molecule has 1 fully saturated rings. The largest absolute Gasteiger partial charge is 0.466 e. The molecule has 0 amide bonds. The Hall–Kier alpha value is -2.32. The summed E-state index contributed by atoms with van der Waals surface area (Å²) in [6.45, 7) is 25.8. The van der Waals surface area contributed by atoms with E-state index in [2.05, 4.69) is 61.1 Å². The molecule has 106 heavy (non-hydrogen) atoms. The Labute approximate surface area is 658 Å². The highest BCUT2D eigenvalue weighted by Gasteiger charge is 2.25. The van der Waals surface area contributed by atoms with E-state index in [0.29, 0.717) is 38.9 Å². The fraction of sp³-hybridized carbons (Fsp3) is 0.957. The van der Waals surface area contributed by atoms with Crippen LogP contribution in [0, 0.1) is 0 Å². The third kappa shape index (κ3) is 68.5. The molecule has 1 aliphatic rings. The standard InChI is InChI=1S/C93H182N4O9/c1-7-13-19-25-31-33-35-47-63-83-103-90(99)69-57-49-60-74-94(73-59-45-37-43-55-71-92(101)105-88(65-51-39-27-21-15-9-3)66-52-40-28-22-16-10-4)77-78-95-79-81-96(82-80-95)85-87(86-98)97(76-62-50-58-70-91(100)104-84-64-48-36-34-32-26-20-14-8-2)75-61-46-38-44-56-72-93(102)106-89(67-53-41-29-23-17-11-5)68-54-42-30-24-18-12-6/h87-89,98H,7-86H2,1-6H3/t87-/m0/s1. The van der Waals surface area contributed by atoms with Gasteiger partial charge in [-0.3, -0.25) is 33.9 Å². The van der Waals surface area contributed by atoms with Crippen LogP contribution < -0.4 is 0 Å². The van der Waals surface area contributed by atoms with Crippen molar-refractivity contribution in [2.45, 2.75) is 484 Å². The van der Waals surface area contributed by atoms with E-state index in [0.717, 1.165) is 233 Å². The topological polar surface area (TPSA) is 138 Å². The summed E-state index contributed by atoms with van der Waals surface area (Å²) in [6.07, 6.45) is 75.7. The van der Waals surface area contributed by atoms with E-state index in [1.165, 1.54) is 238 Å². The molecular formula is C93H182N4O9. The van der Waals surface area contributed by atoms with Crippen LogP contribution in [0.4, 0.5) is 0 Å². The summed E-state index contributed by atoms with van der Waals surface area (Å²) in [4.78, 5) is 62.4. The predicted octanol–water partition coefficient (Wildman–Crippen LogP) is 25.3. The van der Waals surface area contributed by atoms with Gasteiger partial charge in [0, 0.05) is 77.5 Å². The molecule has 628 valence electrons. The van der Waals surface area contributed by atoms with Gasteiger partial charge in [-0.1, -0.05) is 324 Å². The summed E-state index contributed by atoms with van der Waals surface area (Å²) in [5, 5.41) is 11.1. The summed E-state index contributed by atoms with van der Waals surface area (Å²) in [5.74, 6) is -0.0845. The summed E-state index contributed by atoms with van der Waals surface area (Å²) >= 11 is 0. The second-order valence-corrected chi connectivity index (χ2v) is 33.1. The van der Waals surface area contributed by atoms with Crippen LogP contribution in [-0.4, -0.2) is 159 Å². The number of carbonyl (C=O) groups is 4. The Kier molecular flexibility index (Phi) is 77.4. The molecule has 0 aliphatic carbocycles. The lowest BCUT2D eigenvalue weighted by Crippen LogP contribution is -2.53. The molecule has 0 aromatic heterocycles. The Morgan fingerprint density at radius 3 is 0.868 bits per heavy atom. The van der Waals surface area contributed by atoms with Gasteiger partial charge in [0.05, 0.1) is 19.8 Å². The molecule has 0 saturated carbocycles. The van der Waals surface area contributed by atoms with Gasteiger partial charge in [0.1, 0.15) is 12.2 Å². The van der Waals surface area contributed by atoms with E-state index < -0.39 is 0 Å². The van der Waals surface area contributed by atoms with Crippen molar-refractivity contribution in [1.82, 2.24) is 19.6 Å². The number of unbranched alkanes of at least 4 members (excludes halogenated alkanes) is 48. The van der Waals surface area contributed by atoms with Crippen molar-refractivity contribution in [1.29, 1.82) is 0 Å². The highest BCUT2D eigenvalue weighted by Crippen LogP contribution is 2.23. The summed E-state index contributed by atoms with van der Waals surface area (Å²) in [6, 6.07) is 0.0564. The number of nitrogens with zero attached hydrogens (tertiary/aromatic N) is 4. The zero-order valence-electron chi connectivity index (χ0n) is 71.8. The normalized spacial score (nSPS) is 13.3. The van der Waals surface area contributed by atoms with Gasteiger partial charge in [0.25, 0.3) is 0 Å². The van der Waals surface area contributed by atoms with Gasteiger partial charge in [-0.25, -0.2) is 0 Å². The second kappa shape index (κ2) is 80.7. The van der Waals surface area contributed by atoms with Gasteiger partial charge in [-0.2, -0.15) is 0 Å². The zero-order valence-corrected chi connectivity index (χ0v) is 71.8. The quantitative estimate of drug-likeness (QED) is 0.0351. The molecule has 0 spiro atoms. The highest BCUT2D eigenvalue weighted by atomic mass is 16.6. The van der Waals surface area contributed by atoms with Crippen molar-refractivity contribution in [2.75, 3.05) is 91.8 Å². The van der Waals surface area contributed by atoms with Gasteiger partial charge in [-0.15, -0.1) is 0 Å². The molecule has 1 rings (SSSR count). The van der Waals surface area contributed by atoms with Crippen molar-refractivity contribution in [2.24, 2.45) is 0 Å². The maximum absolute atomic E-state index is 13.2. The number of aliphatic hydroxyl groups excluding tert-OH is 1. The highest BCUT2D eigenvalue weighted by molar-refractivity contribution is 5.70. The number of esters is 4. The van der Waals surface area contributed by atoms with E-state index in [-0.39, 0.29) is 48.7 Å². The number of aliphatic hydroxyl groups is 1. The average Bonchev–Trinajstić information content (AvgIpc) is 0.878. The van der Waals surface area contributed by atoms with Crippen LogP contribution in [-0.2, 0) is 38.1 Å². The smallest absolute Gasteiger partial charge is 0.306 e. The number of piperazine rings is 1. The van der Waals surface area contributed by atoms with Crippen molar-refractivity contribution in [3.05, 3.63) is 0 Å². The average molecular weight is 1500 g/mol. The number of hydrogen-bond donors (Lipinski definition) is 1. The van der Waals surface area contributed by atoms with Crippen molar-refractivity contribution in [3.8, 4) is 0 Å². The summed E-state index contributed by atoms with van der Waals surface area (Å²) in [7, 11) is 0. The molecule has 0 aromatic rings. The maximum Gasteiger partial charge on any atom is 0.306 e. The lowest BCUT2D eigenvalue weighted by atomic mass is 10.0. The second-order valence-electron chi connectivity index (χ2n) is 33.1. The van der Waals surface area contributed by atoms with Crippen LogP contribution in [0.25, 0.3) is 0 Å². The summed E-state index contributed by atoms with van der Waals surface area (Å²) < 4.78 is 23.7. The zero-order chi connectivity index (χ0) is 76.7. The van der Waals surface area contributed by atoms with E-state index >= 15 is 0 Å². The molecule has 1 aliphatic heterocycles. The minimum absolute atomic E-state index is 0.00244. The molecular weight excluding hydrogens is 1320 g/mol. The maximum atomic E-state index is 13.2.